The first-order chi connectivity index (χ1) is 14.5. The number of hydrogen-bond donors (Lipinski definition) is 6. The van der Waals surface area contributed by atoms with Gasteiger partial charge in [-0.3, -0.25) is 19.2 Å². The van der Waals surface area contributed by atoms with Gasteiger partial charge in [0.2, 0.25) is 23.6 Å². The normalized spacial score (nSPS) is 18.9. The predicted octanol–water partition coefficient (Wildman–Crippen LogP) is -2.34. The Morgan fingerprint density at radius 2 is 1.77 bits per heavy atom. The van der Waals surface area contributed by atoms with Gasteiger partial charge in [0.25, 0.3) is 0 Å². The molecule has 12 heteroatoms. The molecular formula is C19H33N5O7. The van der Waals surface area contributed by atoms with Crippen LogP contribution in [0.5, 0.6) is 0 Å². The Morgan fingerprint density at radius 3 is 2.29 bits per heavy atom. The van der Waals surface area contributed by atoms with Crippen molar-refractivity contribution in [2.75, 3.05) is 13.2 Å². The fourth-order valence-corrected chi connectivity index (χ4v) is 3.40. The van der Waals surface area contributed by atoms with Crippen LogP contribution in [-0.2, 0) is 24.0 Å². The Bertz CT molecular complexity index is 685. The van der Waals surface area contributed by atoms with E-state index in [9.17, 15) is 34.2 Å². The number of aliphatic carboxylic acids is 1. The Kier molecular flexibility index (Phi) is 10.4. The van der Waals surface area contributed by atoms with Crippen molar-refractivity contribution < 1.29 is 34.2 Å². The minimum atomic E-state index is -1.43. The van der Waals surface area contributed by atoms with Gasteiger partial charge in [0.15, 0.2) is 0 Å². The van der Waals surface area contributed by atoms with E-state index < -0.39 is 54.5 Å². The van der Waals surface area contributed by atoms with Gasteiger partial charge in [0, 0.05) is 13.0 Å². The SMILES string of the molecule is CC(C)CC(N)C(=O)N1CCCC1C(=O)NC(CO)C(=O)NC(CCC(N)=O)C(=O)O. The lowest BCUT2D eigenvalue weighted by Gasteiger charge is -2.28. The Morgan fingerprint density at radius 1 is 1.13 bits per heavy atom. The maximum absolute atomic E-state index is 12.7. The summed E-state index contributed by atoms with van der Waals surface area (Å²) < 4.78 is 0. The van der Waals surface area contributed by atoms with E-state index in [-0.39, 0.29) is 24.7 Å². The molecule has 0 spiro atoms. The van der Waals surface area contributed by atoms with Gasteiger partial charge in [-0.25, -0.2) is 4.79 Å². The number of nitrogens with zero attached hydrogens (tertiary/aromatic N) is 1. The van der Waals surface area contributed by atoms with Crippen molar-refractivity contribution in [3.05, 3.63) is 0 Å². The second kappa shape index (κ2) is 12.2. The molecule has 1 fully saturated rings. The number of nitrogens with two attached hydrogens (primary N) is 2. The van der Waals surface area contributed by atoms with Crippen molar-refractivity contribution in [3.63, 3.8) is 0 Å². The van der Waals surface area contributed by atoms with E-state index in [0.29, 0.717) is 25.8 Å². The molecule has 1 aliphatic heterocycles. The lowest BCUT2D eigenvalue weighted by molar-refractivity contribution is -0.143. The maximum atomic E-state index is 12.7. The number of nitrogens with one attached hydrogen (secondary N) is 2. The summed E-state index contributed by atoms with van der Waals surface area (Å²) in [5, 5.41) is 23.2. The number of carbonyl (C=O) groups excluding carboxylic acids is 4. The van der Waals surface area contributed by atoms with Crippen LogP contribution < -0.4 is 22.1 Å². The molecule has 0 saturated carbocycles. The van der Waals surface area contributed by atoms with Crippen LogP contribution in [0.4, 0.5) is 0 Å². The van der Waals surface area contributed by atoms with Gasteiger partial charge in [-0.05, 0) is 31.6 Å². The molecule has 0 radical (unpaired) electrons. The van der Waals surface area contributed by atoms with Crippen molar-refractivity contribution in [3.8, 4) is 0 Å². The summed E-state index contributed by atoms with van der Waals surface area (Å²) in [4.78, 5) is 61.2. The number of amides is 4. The first-order valence-electron chi connectivity index (χ1n) is 10.3. The zero-order chi connectivity index (χ0) is 23.7. The van der Waals surface area contributed by atoms with Crippen LogP contribution in [0.15, 0.2) is 0 Å². The highest BCUT2D eigenvalue weighted by molar-refractivity contribution is 5.94. The third-order valence-corrected chi connectivity index (χ3v) is 4.99. The van der Waals surface area contributed by atoms with E-state index in [4.69, 9.17) is 11.5 Å². The van der Waals surface area contributed by atoms with Crippen molar-refractivity contribution in [2.45, 2.75) is 70.1 Å². The van der Waals surface area contributed by atoms with E-state index in [2.05, 4.69) is 10.6 Å². The van der Waals surface area contributed by atoms with E-state index in [1.54, 1.807) is 0 Å². The van der Waals surface area contributed by atoms with Gasteiger partial charge < -0.3 is 37.2 Å². The molecule has 0 aromatic heterocycles. The smallest absolute Gasteiger partial charge is 0.326 e. The molecule has 0 aliphatic carbocycles. The molecule has 4 amide bonds. The molecule has 1 rings (SSSR count). The fraction of sp³-hybridized carbons (Fsp3) is 0.737. The number of aliphatic hydroxyl groups is 1. The third-order valence-electron chi connectivity index (χ3n) is 4.99. The van der Waals surface area contributed by atoms with Crippen LogP contribution in [0.2, 0.25) is 0 Å². The molecule has 1 heterocycles. The Balaban J connectivity index is 2.77. The molecule has 4 atom stereocenters. The molecule has 8 N–H and O–H groups in total. The van der Waals surface area contributed by atoms with Crippen molar-refractivity contribution in [2.24, 2.45) is 17.4 Å². The highest BCUT2D eigenvalue weighted by atomic mass is 16.4. The van der Waals surface area contributed by atoms with Gasteiger partial charge in [0.1, 0.15) is 18.1 Å². The zero-order valence-electron chi connectivity index (χ0n) is 17.9. The number of hydrogen-bond acceptors (Lipinski definition) is 7. The quantitative estimate of drug-likeness (QED) is 0.192. The first-order valence-corrected chi connectivity index (χ1v) is 10.3. The molecule has 12 nitrogen and oxygen atoms in total. The molecular weight excluding hydrogens is 410 g/mol. The summed E-state index contributed by atoms with van der Waals surface area (Å²) in [6.45, 7) is 3.43. The average molecular weight is 444 g/mol. The molecule has 4 unspecified atom stereocenters. The number of rotatable bonds is 12. The highest BCUT2D eigenvalue weighted by Crippen LogP contribution is 2.20. The second-order valence-electron chi connectivity index (χ2n) is 8.07. The van der Waals surface area contributed by atoms with Crippen LogP contribution in [0.3, 0.4) is 0 Å². The second-order valence-corrected chi connectivity index (χ2v) is 8.07. The van der Waals surface area contributed by atoms with Gasteiger partial charge in [-0.15, -0.1) is 0 Å². The summed E-state index contributed by atoms with van der Waals surface area (Å²) in [6, 6.07) is -4.42. The standard InChI is InChI=1S/C19H33N5O7/c1-10(2)8-11(20)18(29)24-7-3-4-14(24)17(28)23-13(9-25)16(27)22-12(19(30)31)5-6-15(21)26/h10-14,25H,3-9,20H2,1-2H3,(H2,21,26)(H,22,27)(H,23,28)(H,30,31). The zero-order valence-corrected chi connectivity index (χ0v) is 17.9. The number of primary amides is 1. The van der Waals surface area contributed by atoms with Crippen LogP contribution in [-0.4, -0.2) is 82.0 Å². The van der Waals surface area contributed by atoms with Crippen molar-refractivity contribution >= 4 is 29.6 Å². The number of carboxylic acid groups (broad SMARTS) is 1. The summed E-state index contributed by atoms with van der Waals surface area (Å²) in [7, 11) is 0. The first kappa shape index (κ1) is 26.3. The molecule has 0 aromatic carbocycles. The number of aliphatic hydroxyl groups excluding tert-OH is 1. The summed E-state index contributed by atoms with van der Waals surface area (Å²) >= 11 is 0. The van der Waals surface area contributed by atoms with Crippen LogP contribution in [0.25, 0.3) is 0 Å². The summed E-state index contributed by atoms with van der Waals surface area (Å²) in [6.07, 6.45) is 0.933. The lowest BCUT2D eigenvalue weighted by Crippen LogP contribution is -2.57. The topological polar surface area (TPSA) is 205 Å². The van der Waals surface area contributed by atoms with Crippen LogP contribution >= 0.6 is 0 Å². The Hall–Kier alpha value is -2.73. The van der Waals surface area contributed by atoms with Gasteiger partial charge >= 0.3 is 5.97 Å². The minimum Gasteiger partial charge on any atom is -0.480 e. The predicted molar refractivity (Wildman–Crippen MR) is 109 cm³/mol. The third kappa shape index (κ3) is 8.13. The molecule has 1 saturated heterocycles. The summed E-state index contributed by atoms with van der Waals surface area (Å²) in [5.74, 6) is -3.83. The van der Waals surface area contributed by atoms with Crippen LogP contribution in [0.1, 0.15) is 46.0 Å². The van der Waals surface area contributed by atoms with Crippen LogP contribution in [0, 0.1) is 5.92 Å². The molecule has 1 aliphatic rings. The van der Waals surface area contributed by atoms with E-state index in [1.807, 2.05) is 13.8 Å². The van der Waals surface area contributed by atoms with Gasteiger partial charge in [0.05, 0.1) is 12.6 Å². The largest absolute Gasteiger partial charge is 0.480 e. The Labute approximate surface area is 180 Å². The fourth-order valence-electron chi connectivity index (χ4n) is 3.40. The maximum Gasteiger partial charge on any atom is 0.326 e. The number of carbonyl (C=O) groups is 5. The van der Waals surface area contributed by atoms with Gasteiger partial charge in [-0.2, -0.15) is 0 Å². The van der Waals surface area contributed by atoms with Crippen molar-refractivity contribution in [1.82, 2.24) is 15.5 Å². The van der Waals surface area contributed by atoms with Crippen molar-refractivity contribution in [1.29, 1.82) is 0 Å². The molecule has 176 valence electrons. The number of carboxylic acids is 1. The number of likely N-dealkylation sites (tertiary alicyclic amines) is 1. The molecule has 0 aromatic rings. The lowest BCUT2D eigenvalue weighted by atomic mass is 10.0. The van der Waals surface area contributed by atoms with E-state index >= 15 is 0 Å². The minimum absolute atomic E-state index is 0.202. The molecule has 0 bridgehead atoms. The highest BCUT2D eigenvalue weighted by Gasteiger charge is 2.37. The van der Waals surface area contributed by atoms with E-state index in [0.717, 1.165) is 0 Å². The monoisotopic (exact) mass is 443 g/mol. The summed E-state index contributed by atoms with van der Waals surface area (Å²) in [5.41, 5.74) is 10.9. The molecule has 31 heavy (non-hydrogen) atoms. The van der Waals surface area contributed by atoms with E-state index in [1.165, 1.54) is 4.90 Å². The average Bonchev–Trinajstić information content (AvgIpc) is 3.17. The van der Waals surface area contributed by atoms with Gasteiger partial charge in [-0.1, -0.05) is 13.8 Å².